The largest absolute Gasteiger partial charge is 0.504 e. The minimum atomic E-state index is 0.145. The van der Waals surface area contributed by atoms with Gasteiger partial charge in [0.25, 0.3) is 0 Å². The molecular formula is C24H27N3O2. The predicted octanol–water partition coefficient (Wildman–Crippen LogP) is 4.10. The van der Waals surface area contributed by atoms with E-state index in [9.17, 15) is 5.11 Å². The summed E-state index contributed by atoms with van der Waals surface area (Å²) in [4.78, 5) is 2.49. The molecule has 0 radical (unpaired) electrons. The number of aromatic hydroxyl groups is 1. The van der Waals surface area contributed by atoms with Crippen LogP contribution in [0.15, 0.2) is 65.8 Å². The zero-order valence-electron chi connectivity index (χ0n) is 17.0. The molecule has 1 fully saturated rings. The summed E-state index contributed by atoms with van der Waals surface area (Å²) in [6.07, 6.45) is 0. The normalized spacial score (nSPS) is 15.7. The van der Waals surface area contributed by atoms with Gasteiger partial charge in [0.1, 0.15) is 0 Å². The molecule has 0 unspecified atom stereocenters. The first kappa shape index (κ1) is 19.3. The summed E-state index contributed by atoms with van der Waals surface area (Å²) in [6, 6.07) is 20.5. The molecule has 0 saturated carbocycles. The number of ether oxygens (including phenoxy) is 1. The Kier molecular flexibility index (Phi) is 5.67. The lowest BCUT2D eigenvalue weighted by Crippen LogP contribution is -2.43. The minimum Gasteiger partial charge on any atom is -0.504 e. The molecule has 1 aliphatic heterocycles. The summed E-state index contributed by atoms with van der Waals surface area (Å²) in [5, 5.41) is 19.3. The summed E-state index contributed by atoms with van der Waals surface area (Å²) in [5.74, 6) is 0.614. The maximum Gasteiger partial charge on any atom is 0.161 e. The Morgan fingerprint density at radius 3 is 2.55 bits per heavy atom. The lowest BCUT2D eigenvalue weighted by Gasteiger charge is -2.33. The second-order valence-electron chi connectivity index (χ2n) is 7.44. The zero-order chi connectivity index (χ0) is 20.2. The van der Waals surface area contributed by atoms with Crippen LogP contribution in [0.25, 0.3) is 10.8 Å². The fraction of sp³-hybridized carbons (Fsp3) is 0.292. The van der Waals surface area contributed by atoms with Crippen molar-refractivity contribution in [2.24, 2.45) is 5.10 Å². The summed E-state index contributed by atoms with van der Waals surface area (Å²) in [5.41, 5.74) is 3.26. The first-order valence-corrected chi connectivity index (χ1v) is 10.0. The van der Waals surface area contributed by atoms with E-state index in [1.165, 1.54) is 16.3 Å². The van der Waals surface area contributed by atoms with Crippen LogP contribution in [0.4, 0.5) is 0 Å². The second-order valence-corrected chi connectivity index (χ2v) is 7.44. The molecule has 150 valence electrons. The average Bonchev–Trinajstić information content (AvgIpc) is 2.75. The molecule has 3 aromatic carbocycles. The number of piperazine rings is 1. The van der Waals surface area contributed by atoms with Gasteiger partial charge in [-0.05, 0) is 41.5 Å². The van der Waals surface area contributed by atoms with E-state index in [0.29, 0.717) is 5.75 Å². The Balaban J connectivity index is 1.39. The van der Waals surface area contributed by atoms with Crippen LogP contribution in [-0.4, -0.2) is 54.0 Å². The third kappa shape index (κ3) is 4.35. The van der Waals surface area contributed by atoms with Crippen molar-refractivity contribution in [3.05, 3.63) is 71.8 Å². The number of hydrazone groups is 1. The maximum absolute atomic E-state index is 9.77. The Morgan fingerprint density at radius 2 is 1.76 bits per heavy atom. The van der Waals surface area contributed by atoms with Gasteiger partial charge in [-0.15, -0.1) is 0 Å². The minimum absolute atomic E-state index is 0.145. The molecule has 0 aliphatic carbocycles. The lowest BCUT2D eigenvalue weighted by molar-refractivity contribution is 0.131. The van der Waals surface area contributed by atoms with Crippen molar-refractivity contribution in [2.45, 2.75) is 13.5 Å². The number of benzene rings is 3. The fourth-order valence-electron chi connectivity index (χ4n) is 3.84. The molecule has 0 atom stereocenters. The van der Waals surface area contributed by atoms with E-state index in [-0.39, 0.29) is 5.75 Å². The molecule has 1 N–H and O–H groups in total. The number of hydrogen-bond donors (Lipinski definition) is 1. The van der Waals surface area contributed by atoms with Gasteiger partial charge in [0.05, 0.1) is 12.8 Å². The number of rotatable bonds is 5. The van der Waals surface area contributed by atoms with Crippen LogP contribution in [0.2, 0.25) is 0 Å². The third-order valence-corrected chi connectivity index (χ3v) is 5.51. The number of fused-ring (bicyclic) bond motifs is 1. The van der Waals surface area contributed by atoms with E-state index in [1.807, 2.05) is 19.1 Å². The van der Waals surface area contributed by atoms with Crippen LogP contribution in [0.3, 0.4) is 0 Å². The van der Waals surface area contributed by atoms with Crippen molar-refractivity contribution < 1.29 is 9.84 Å². The van der Waals surface area contributed by atoms with Gasteiger partial charge < -0.3 is 9.84 Å². The van der Waals surface area contributed by atoms with Crippen LogP contribution >= 0.6 is 0 Å². The monoisotopic (exact) mass is 389 g/mol. The summed E-state index contributed by atoms with van der Waals surface area (Å²) < 4.78 is 5.20. The van der Waals surface area contributed by atoms with Crippen LogP contribution in [-0.2, 0) is 6.54 Å². The molecule has 0 aromatic heterocycles. The zero-order valence-corrected chi connectivity index (χ0v) is 17.0. The highest BCUT2D eigenvalue weighted by Gasteiger charge is 2.17. The number of hydrogen-bond acceptors (Lipinski definition) is 5. The van der Waals surface area contributed by atoms with Gasteiger partial charge >= 0.3 is 0 Å². The van der Waals surface area contributed by atoms with E-state index in [0.717, 1.165) is 44.0 Å². The average molecular weight is 389 g/mol. The molecule has 5 nitrogen and oxygen atoms in total. The molecule has 0 bridgehead atoms. The van der Waals surface area contributed by atoms with E-state index in [2.05, 4.69) is 52.4 Å². The molecule has 0 spiro atoms. The maximum atomic E-state index is 9.77. The van der Waals surface area contributed by atoms with E-state index in [4.69, 9.17) is 9.84 Å². The second kappa shape index (κ2) is 8.53. The SMILES string of the molecule is COc1cc(C(C)=NN2CCN(Cc3cccc4ccccc34)CC2)ccc1O. The van der Waals surface area contributed by atoms with Crippen LogP contribution < -0.4 is 4.74 Å². The summed E-state index contributed by atoms with van der Waals surface area (Å²) in [7, 11) is 1.56. The highest BCUT2D eigenvalue weighted by molar-refractivity contribution is 5.99. The van der Waals surface area contributed by atoms with E-state index >= 15 is 0 Å². The third-order valence-electron chi connectivity index (χ3n) is 5.51. The topological polar surface area (TPSA) is 48.3 Å². The first-order valence-electron chi connectivity index (χ1n) is 10.0. The van der Waals surface area contributed by atoms with Gasteiger partial charge in [-0.3, -0.25) is 9.91 Å². The molecule has 4 rings (SSSR count). The van der Waals surface area contributed by atoms with Gasteiger partial charge in [-0.25, -0.2) is 0 Å². The standard InChI is InChI=1S/C24H27N3O2/c1-18(20-10-11-23(28)24(16-20)29-2)25-27-14-12-26(13-15-27)17-21-8-5-7-19-6-3-4-9-22(19)21/h3-11,16,28H,12-15,17H2,1-2H3. The Bertz CT molecular complexity index is 1020. The van der Waals surface area contributed by atoms with Crippen molar-refractivity contribution in [3.8, 4) is 11.5 Å². The molecule has 1 heterocycles. The number of phenolic OH excluding ortho intramolecular Hbond substituents is 1. The molecule has 3 aromatic rings. The van der Waals surface area contributed by atoms with Crippen LogP contribution in [0.1, 0.15) is 18.1 Å². The lowest BCUT2D eigenvalue weighted by atomic mass is 10.0. The highest BCUT2D eigenvalue weighted by Crippen LogP contribution is 2.26. The number of phenols is 1. The van der Waals surface area contributed by atoms with Gasteiger partial charge in [0.2, 0.25) is 0 Å². The molecule has 1 saturated heterocycles. The van der Waals surface area contributed by atoms with E-state index < -0.39 is 0 Å². The van der Waals surface area contributed by atoms with Crippen molar-refractivity contribution in [2.75, 3.05) is 33.3 Å². The Labute approximate surface area is 171 Å². The van der Waals surface area contributed by atoms with Crippen molar-refractivity contribution in [1.82, 2.24) is 9.91 Å². The molecule has 0 amide bonds. The number of nitrogens with zero attached hydrogens (tertiary/aromatic N) is 3. The molecule has 5 heteroatoms. The summed E-state index contributed by atoms with van der Waals surface area (Å²) in [6.45, 7) is 6.73. The van der Waals surface area contributed by atoms with Gasteiger partial charge in [-0.2, -0.15) is 5.10 Å². The van der Waals surface area contributed by atoms with Gasteiger partial charge in [0, 0.05) is 38.3 Å². The van der Waals surface area contributed by atoms with Crippen LogP contribution in [0.5, 0.6) is 11.5 Å². The van der Waals surface area contributed by atoms with Crippen molar-refractivity contribution in [1.29, 1.82) is 0 Å². The van der Waals surface area contributed by atoms with Gasteiger partial charge in [-0.1, -0.05) is 42.5 Å². The van der Waals surface area contributed by atoms with E-state index in [1.54, 1.807) is 13.2 Å². The quantitative estimate of drug-likeness (QED) is 0.668. The summed E-state index contributed by atoms with van der Waals surface area (Å²) >= 11 is 0. The smallest absolute Gasteiger partial charge is 0.161 e. The molecule has 1 aliphatic rings. The Morgan fingerprint density at radius 1 is 1.00 bits per heavy atom. The number of methoxy groups -OCH3 is 1. The van der Waals surface area contributed by atoms with Crippen molar-refractivity contribution >= 4 is 16.5 Å². The van der Waals surface area contributed by atoms with Gasteiger partial charge in [0.15, 0.2) is 11.5 Å². The predicted molar refractivity (Wildman–Crippen MR) is 118 cm³/mol. The fourth-order valence-corrected chi connectivity index (χ4v) is 3.84. The molecular weight excluding hydrogens is 362 g/mol. The first-order chi connectivity index (χ1) is 14.1. The Hall–Kier alpha value is -3.05. The van der Waals surface area contributed by atoms with Crippen LogP contribution in [0, 0.1) is 0 Å². The molecule has 29 heavy (non-hydrogen) atoms. The highest BCUT2D eigenvalue weighted by atomic mass is 16.5. The van der Waals surface area contributed by atoms with Crippen molar-refractivity contribution in [3.63, 3.8) is 0 Å².